The molecule has 7 unspecified atom stereocenters. The van der Waals surface area contributed by atoms with Crippen LogP contribution in [0.3, 0.4) is 0 Å². The van der Waals surface area contributed by atoms with E-state index in [1.165, 1.54) is 26.2 Å². The summed E-state index contributed by atoms with van der Waals surface area (Å²) < 4.78 is 5.41. The largest absolute Gasteiger partial charge is 0.460 e. The summed E-state index contributed by atoms with van der Waals surface area (Å²) in [4.78, 5) is 11.4. The van der Waals surface area contributed by atoms with Crippen molar-refractivity contribution in [2.75, 3.05) is 0 Å². The zero-order chi connectivity index (χ0) is 20.7. The van der Waals surface area contributed by atoms with E-state index in [4.69, 9.17) is 9.84 Å². The van der Waals surface area contributed by atoms with E-state index < -0.39 is 12.1 Å². The van der Waals surface area contributed by atoms with Gasteiger partial charge in [0.2, 0.25) is 0 Å². The van der Waals surface area contributed by atoms with Crippen LogP contribution >= 0.6 is 0 Å². The van der Waals surface area contributed by atoms with Gasteiger partial charge in [0.25, 0.3) is 0 Å². The fourth-order valence-corrected chi connectivity index (χ4v) is 4.65. The SMILES string of the molecule is CC1CCC(C(C)C)C(O)C1.CC1CCC(C(C)C)C(OC(=O)C(C)O)C1. The van der Waals surface area contributed by atoms with Gasteiger partial charge in [-0.15, -0.1) is 0 Å². The van der Waals surface area contributed by atoms with Gasteiger partial charge in [0.15, 0.2) is 0 Å². The third-order valence-corrected chi connectivity index (χ3v) is 6.56. The first kappa shape index (κ1) is 24.4. The highest BCUT2D eigenvalue weighted by molar-refractivity contribution is 5.74. The van der Waals surface area contributed by atoms with Crippen LogP contribution in [0.1, 0.15) is 87.0 Å². The molecule has 160 valence electrons. The fraction of sp³-hybridized carbons (Fsp3) is 0.957. The number of esters is 1. The molecule has 0 bridgehead atoms. The van der Waals surface area contributed by atoms with Crippen LogP contribution in [0.2, 0.25) is 0 Å². The molecular weight excluding hydrogens is 340 g/mol. The van der Waals surface area contributed by atoms with Gasteiger partial charge >= 0.3 is 5.97 Å². The van der Waals surface area contributed by atoms with Gasteiger partial charge in [-0.25, -0.2) is 4.79 Å². The molecule has 2 rings (SSSR count). The van der Waals surface area contributed by atoms with Gasteiger partial charge in [0.05, 0.1) is 6.10 Å². The van der Waals surface area contributed by atoms with Crippen LogP contribution in [-0.2, 0) is 9.53 Å². The van der Waals surface area contributed by atoms with Crippen LogP contribution in [0, 0.1) is 35.5 Å². The van der Waals surface area contributed by atoms with Gasteiger partial charge in [-0.05, 0) is 68.1 Å². The maximum absolute atomic E-state index is 11.4. The summed E-state index contributed by atoms with van der Waals surface area (Å²) in [5.41, 5.74) is 0. The first-order valence-electron chi connectivity index (χ1n) is 11.1. The Balaban J connectivity index is 0.000000289. The van der Waals surface area contributed by atoms with Gasteiger partial charge < -0.3 is 14.9 Å². The van der Waals surface area contributed by atoms with Crippen molar-refractivity contribution in [1.82, 2.24) is 0 Å². The Labute approximate surface area is 167 Å². The zero-order valence-electron chi connectivity index (χ0n) is 18.6. The molecule has 27 heavy (non-hydrogen) atoms. The van der Waals surface area contributed by atoms with Crippen molar-refractivity contribution in [3.8, 4) is 0 Å². The van der Waals surface area contributed by atoms with Crippen molar-refractivity contribution in [2.24, 2.45) is 35.5 Å². The Morgan fingerprint density at radius 3 is 1.78 bits per heavy atom. The molecule has 2 saturated carbocycles. The van der Waals surface area contributed by atoms with Gasteiger partial charge in [0.1, 0.15) is 12.2 Å². The molecule has 2 fully saturated rings. The molecule has 0 saturated heterocycles. The number of carbonyl (C=O) groups excluding carboxylic acids is 1. The summed E-state index contributed by atoms with van der Waals surface area (Å²) in [6.45, 7) is 14.7. The van der Waals surface area contributed by atoms with Crippen LogP contribution in [0.4, 0.5) is 0 Å². The van der Waals surface area contributed by atoms with Gasteiger partial charge in [-0.3, -0.25) is 0 Å². The minimum Gasteiger partial charge on any atom is -0.460 e. The molecule has 2 aliphatic carbocycles. The van der Waals surface area contributed by atoms with Gasteiger partial charge in [-0.1, -0.05) is 54.4 Å². The van der Waals surface area contributed by atoms with E-state index in [0.29, 0.717) is 29.6 Å². The van der Waals surface area contributed by atoms with Crippen molar-refractivity contribution < 1.29 is 19.7 Å². The molecule has 7 atom stereocenters. The summed E-state index contributed by atoms with van der Waals surface area (Å²) in [7, 11) is 0. The standard InChI is InChI=1S/C13H24O3.C10H20O/c1-8(2)11-6-5-9(3)7-12(11)16-13(15)10(4)14;1-7(2)9-5-4-8(3)6-10(9)11/h8-12,14H,5-7H2,1-4H3;7-11H,4-6H2,1-3H3. The zero-order valence-corrected chi connectivity index (χ0v) is 18.6. The topological polar surface area (TPSA) is 66.8 Å². The quantitative estimate of drug-likeness (QED) is 0.683. The molecule has 4 heteroatoms. The average Bonchev–Trinajstić information content (AvgIpc) is 2.54. The maximum atomic E-state index is 11.4. The lowest BCUT2D eigenvalue weighted by Gasteiger charge is -2.36. The van der Waals surface area contributed by atoms with Gasteiger partial charge in [0, 0.05) is 0 Å². The Bertz CT molecular complexity index is 432. The predicted molar refractivity (Wildman–Crippen MR) is 110 cm³/mol. The number of rotatable bonds is 4. The first-order valence-corrected chi connectivity index (χ1v) is 11.1. The Kier molecular flexibility index (Phi) is 10.3. The molecule has 0 heterocycles. The van der Waals surface area contributed by atoms with Crippen molar-refractivity contribution in [1.29, 1.82) is 0 Å². The lowest BCUT2D eigenvalue weighted by atomic mass is 9.75. The van der Waals surface area contributed by atoms with Crippen molar-refractivity contribution >= 4 is 5.97 Å². The van der Waals surface area contributed by atoms with E-state index in [2.05, 4.69) is 41.5 Å². The average molecular weight is 385 g/mol. The normalized spacial score (nSPS) is 35.4. The summed E-state index contributed by atoms with van der Waals surface area (Å²) >= 11 is 0. The third-order valence-electron chi connectivity index (χ3n) is 6.56. The van der Waals surface area contributed by atoms with Crippen LogP contribution in [0.25, 0.3) is 0 Å². The second-order valence-corrected chi connectivity index (χ2v) is 9.87. The molecule has 0 aliphatic heterocycles. The summed E-state index contributed by atoms with van der Waals surface area (Å²) in [5.74, 6) is 3.05. The van der Waals surface area contributed by atoms with Crippen molar-refractivity contribution in [3.63, 3.8) is 0 Å². The number of carbonyl (C=O) groups is 1. The van der Waals surface area contributed by atoms with E-state index in [-0.39, 0.29) is 12.2 Å². The summed E-state index contributed by atoms with van der Waals surface area (Å²) in [6.07, 6.45) is 5.77. The maximum Gasteiger partial charge on any atom is 0.334 e. The molecule has 2 aliphatic rings. The molecule has 0 spiro atoms. The number of ether oxygens (including phenoxy) is 1. The molecular formula is C23H44O4. The van der Waals surface area contributed by atoms with Crippen molar-refractivity contribution in [2.45, 2.75) is 105 Å². The Morgan fingerprint density at radius 1 is 0.852 bits per heavy atom. The Morgan fingerprint density at radius 2 is 1.33 bits per heavy atom. The molecule has 0 aromatic heterocycles. The second-order valence-electron chi connectivity index (χ2n) is 9.87. The molecule has 0 aromatic carbocycles. The van der Waals surface area contributed by atoms with E-state index in [1.807, 2.05) is 0 Å². The van der Waals surface area contributed by atoms with E-state index in [1.54, 1.807) is 0 Å². The van der Waals surface area contributed by atoms with E-state index in [0.717, 1.165) is 25.2 Å². The second kappa shape index (κ2) is 11.4. The van der Waals surface area contributed by atoms with E-state index in [9.17, 15) is 9.90 Å². The third kappa shape index (κ3) is 8.11. The molecule has 2 N–H and O–H groups in total. The summed E-state index contributed by atoms with van der Waals surface area (Å²) in [5, 5.41) is 18.9. The van der Waals surface area contributed by atoms with Crippen LogP contribution < -0.4 is 0 Å². The molecule has 0 aromatic rings. The van der Waals surface area contributed by atoms with Gasteiger partial charge in [-0.2, -0.15) is 0 Å². The number of hydrogen-bond acceptors (Lipinski definition) is 4. The van der Waals surface area contributed by atoms with Crippen LogP contribution in [0.15, 0.2) is 0 Å². The van der Waals surface area contributed by atoms with Crippen molar-refractivity contribution in [3.05, 3.63) is 0 Å². The highest BCUT2D eigenvalue weighted by Gasteiger charge is 2.34. The molecule has 4 nitrogen and oxygen atoms in total. The minimum absolute atomic E-state index is 0.00847. The van der Waals surface area contributed by atoms with Crippen LogP contribution in [0.5, 0.6) is 0 Å². The Hall–Kier alpha value is -0.610. The number of hydrogen-bond donors (Lipinski definition) is 2. The molecule has 0 radical (unpaired) electrons. The number of aliphatic hydroxyl groups is 2. The minimum atomic E-state index is -1.01. The highest BCUT2D eigenvalue weighted by Crippen LogP contribution is 2.35. The summed E-state index contributed by atoms with van der Waals surface area (Å²) in [6, 6.07) is 0. The molecule has 0 amide bonds. The predicted octanol–water partition coefficient (Wildman–Crippen LogP) is 4.81. The highest BCUT2D eigenvalue weighted by atomic mass is 16.6. The van der Waals surface area contributed by atoms with Crippen LogP contribution in [-0.4, -0.2) is 34.5 Å². The number of aliphatic hydroxyl groups excluding tert-OH is 2. The lowest BCUT2D eigenvalue weighted by molar-refractivity contribution is -0.164. The lowest BCUT2D eigenvalue weighted by Crippen LogP contribution is -2.37. The monoisotopic (exact) mass is 384 g/mol. The van der Waals surface area contributed by atoms with E-state index >= 15 is 0 Å². The smallest absolute Gasteiger partial charge is 0.334 e. The fourth-order valence-electron chi connectivity index (χ4n) is 4.65. The first-order chi connectivity index (χ1) is 12.5.